The van der Waals surface area contributed by atoms with E-state index in [0.717, 1.165) is 0 Å². The summed E-state index contributed by atoms with van der Waals surface area (Å²) in [5.41, 5.74) is 4.20. The summed E-state index contributed by atoms with van der Waals surface area (Å²) in [5, 5.41) is 2.67. The first kappa shape index (κ1) is 13.0. The summed E-state index contributed by atoms with van der Waals surface area (Å²) >= 11 is 0. The van der Waals surface area contributed by atoms with Crippen LogP contribution in [0, 0.1) is 12.7 Å². The van der Waals surface area contributed by atoms with E-state index in [0.29, 0.717) is 22.5 Å². The minimum absolute atomic E-state index is 0.345. The topological polar surface area (TPSA) is 67.2 Å². The largest absolute Gasteiger partial charge is 0.323 e. The highest BCUT2D eigenvalue weighted by molar-refractivity contribution is 6.08. The van der Waals surface area contributed by atoms with Crippen molar-refractivity contribution in [3.05, 3.63) is 59.4 Å². The Bertz CT molecular complexity index is 613. The highest BCUT2D eigenvalue weighted by Crippen LogP contribution is 2.20. The van der Waals surface area contributed by atoms with Gasteiger partial charge in [0.2, 0.25) is 0 Å². The molecule has 0 radical (unpaired) electrons. The molecule has 98 valence electrons. The molecular formula is C14H14FN3O. The Morgan fingerprint density at radius 2 is 1.79 bits per heavy atom. The van der Waals surface area contributed by atoms with E-state index < -0.39 is 0 Å². The van der Waals surface area contributed by atoms with Crippen molar-refractivity contribution in [3.8, 4) is 0 Å². The van der Waals surface area contributed by atoms with Crippen molar-refractivity contribution in [2.24, 2.45) is 5.84 Å². The van der Waals surface area contributed by atoms with Crippen LogP contribution in [0.5, 0.6) is 0 Å². The van der Waals surface area contributed by atoms with Crippen LogP contribution in [0.15, 0.2) is 42.5 Å². The SMILES string of the molecule is Cc1c(F)cccc1NC(=O)c1ccccc1NN. The van der Waals surface area contributed by atoms with Gasteiger partial charge >= 0.3 is 0 Å². The molecule has 2 rings (SSSR count). The smallest absolute Gasteiger partial charge is 0.257 e. The number of nitrogens with one attached hydrogen (secondary N) is 2. The van der Waals surface area contributed by atoms with Crippen molar-refractivity contribution in [2.75, 3.05) is 10.7 Å². The standard InChI is InChI=1S/C14H14FN3O/c1-9-11(15)6-4-8-12(9)17-14(19)10-5-2-3-7-13(10)18-16/h2-8,18H,16H2,1H3,(H,17,19). The molecule has 4 N–H and O–H groups in total. The summed E-state index contributed by atoms with van der Waals surface area (Å²) < 4.78 is 13.4. The number of halogens is 1. The van der Waals surface area contributed by atoms with Crippen LogP contribution in [0.2, 0.25) is 0 Å². The highest BCUT2D eigenvalue weighted by Gasteiger charge is 2.12. The van der Waals surface area contributed by atoms with Crippen LogP contribution in [0.4, 0.5) is 15.8 Å². The molecule has 0 aliphatic rings. The molecule has 2 aromatic rings. The lowest BCUT2D eigenvalue weighted by Gasteiger charge is -2.11. The summed E-state index contributed by atoms with van der Waals surface area (Å²) in [6, 6.07) is 11.4. The zero-order valence-electron chi connectivity index (χ0n) is 10.4. The van der Waals surface area contributed by atoms with Gasteiger partial charge in [-0.2, -0.15) is 0 Å². The molecule has 0 spiro atoms. The third-order valence-corrected chi connectivity index (χ3v) is 2.84. The predicted octanol–water partition coefficient (Wildman–Crippen LogP) is 2.67. The average molecular weight is 259 g/mol. The van der Waals surface area contributed by atoms with Gasteiger partial charge in [-0.15, -0.1) is 0 Å². The first-order valence-corrected chi connectivity index (χ1v) is 5.75. The number of carbonyl (C=O) groups excluding carboxylic acids is 1. The van der Waals surface area contributed by atoms with Crippen LogP contribution in [0.25, 0.3) is 0 Å². The molecule has 2 aromatic carbocycles. The summed E-state index contributed by atoms with van der Waals surface area (Å²) in [6.45, 7) is 1.61. The van der Waals surface area contributed by atoms with E-state index >= 15 is 0 Å². The van der Waals surface area contributed by atoms with Crippen molar-refractivity contribution in [3.63, 3.8) is 0 Å². The van der Waals surface area contributed by atoms with Gasteiger partial charge < -0.3 is 10.7 Å². The highest BCUT2D eigenvalue weighted by atomic mass is 19.1. The van der Waals surface area contributed by atoms with Crippen LogP contribution in [-0.2, 0) is 0 Å². The molecule has 0 saturated carbocycles. The molecule has 0 unspecified atom stereocenters. The predicted molar refractivity (Wildman–Crippen MR) is 73.3 cm³/mol. The van der Waals surface area contributed by atoms with Crippen LogP contribution in [-0.4, -0.2) is 5.91 Å². The third kappa shape index (κ3) is 2.71. The molecule has 0 aromatic heterocycles. The third-order valence-electron chi connectivity index (χ3n) is 2.84. The molecule has 4 nitrogen and oxygen atoms in total. The Kier molecular flexibility index (Phi) is 3.77. The number of amides is 1. The van der Waals surface area contributed by atoms with Gasteiger partial charge in [-0.25, -0.2) is 4.39 Å². The second-order valence-corrected chi connectivity index (χ2v) is 4.06. The number of anilines is 2. The number of carbonyl (C=O) groups is 1. The Morgan fingerprint density at radius 1 is 1.11 bits per heavy atom. The Balaban J connectivity index is 2.28. The Morgan fingerprint density at radius 3 is 2.53 bits per heavy atom. The molecule has 0 aliphatic carbocycles. The van der Waals surface area contributed by atoms with Gasteiger partial charge in [0.1, 0.15) is 5.82 Å². The van der Waals surface area contributed by atoms with E-state index in [1.54, 1.807) is 43.3 Å². The quantitative estimate of drug-likeness (QED) is 0.586. The normalized spacial score (nSPS) is 10.1. The summed E-state index contributed by atoms with van der Waals surface area (Å²) in [5.74, 6) is 4.64. The minimum Gasteiger partial charge on any atom is -0.323 e. The Hall–Kier alpha value is -2.40. The Labute approximate surface area is 110 Å². The zero-order valence-corrected chi connectivity index (χ0v) is 10.4. The fourth-order valence-electron chi connectivity index (χ4n) is 1.74. The maximum absolute atomic E-state index is 13.4. The summed E-state index contributed by atoms with van der Waals surface area (Å²) in [6.07, 6.45) is 0. The molecule has 1 amide bonds. The number of para-hydroxylation sites is 1. The maximum atomic E-state index is 13.4. The number of hydrazine groups is 1. The van der Waals surface area contributed by atoms with Crippen LogP contribution >= 0.6 is 0 Å². The van der Waals surface area contributed by atoms with Crippen molar-refractivity contribution < 1.29 is 9.18 Å². The molecule has 0 aliphatic heterocycles. The summed E-state index contributed by atoms with van der Waals surface area (Å²) in [4.78, 5) is 12.1. The second-order valence-electron chi connectivity index (χ2n) is 4.06. The fraction of sp³-hybridized carbons (Fsp3) is 0.0714. The molecule has 0 saturated heterocycles. The van der Waals surface area contributed by atoms with Crippen LogP contribution in [0.3, 0.4) is 0 Å². The van der Waals surface area contributed by atoms with E-state index in [1.807, 2.05) is 0 Å². The van der Waals surface area contributed by atoms with Gasteiger partial charge in [0, 0.05) is 11.3 Å². The zero-order chi connectivity index (χ0) is 13.8. The van der Waals surface area contributed by atoms with E-state index in [1.165, 1.54) is 6.07 Å². The van der Waals surface area contributed by atoms with Crippen molar-refractivity contribution in [2.45, 2.75) is 6.92 Å². The first-order valence-electron chi connectivity index (χ1n) is 5.75. The van der Waals surface area contributed by atoms with E-state index in [-0.39, 0.29) is 11.7 Å². The maximum Gasteiger partial charge on any atom is 0.257 e. The number of hydrogen-bond acceptors (Lipinski definition) is 3. The van der Waals surface area contributed by atoms with E-state index in [4.69, 9.17) is 5.84 Å². The van der Waals surface area contributed by atoms with Crippen LogP contribution < -0.4 is 16.6 Å². The molecule has 0 fully saturated rings. The molecule has 19 heavy (non-hydrogen) atoms. The van der Waals surface area contributed by atoms with Gasteiger partial charge in [-0.1, -0.05) is 18.2 Å². The number of benzene rings is 2. The van der Waals surface area contributed by atoms with Crippen molar-refractivity contribution in [1.29, 1.82) is 0 Å². The van der Waals surface area contributed by atoms with Crippen LogP contribution in [0.1, 0.15) is 15.9 Å². The number of nitrogen functional groups attached to an aromatic ring is 1. The summed E-state index contributed by atoms with van der Waals surface area (Å²) in [7, 11) is 0. The number of rotatable bonds is 3. The van der Waals surface area contributed by atoms with Gasteiger partial charge in [0.25, 0.3) is 5.91 Å². The first-order chi connectivity index (χ1) is 9.13. The monoisotopic (exact) mass is 259 g/mol. The van der Waals surface area contributed by atoms with Crippen molar-refractivity contribution in [1.82, 2.24) is 0 Å². The lowest BCUT2D eigenvalue weighted by molar-refractivity contribution is 0.102. The van der Waals surface area contributed by atoms with E-state index in [2.05, 4.69) is 10.7 Å². The second kappa shape index (κ2) is 5.49. The molecule has 0 atom stereocenters. The van der Waals surface area contributed by atoms with Gasteiger partial charge in [-0.3, -0.25) is 10.6 Å². The average Bonchev–Trinajstić information content (AvgIpc) is 2.43. The lowest BCUT2D eigenvalue weighted by Crippen LogP contribution is -2.17. The molecule has 5 heteroatoms. The number of hydrogen-bond donors (Lipinski definition) is 3. The molecular weight excluding hydrogens is 245 g/mol. The van der Waals surface area contributed by atoms with Gasteiger partial charge in [0.15, 0.2) is 0 Å². The number of nitrogens with two attached hydrogens (primary N) is 1. The molecule has 0 bridgehead atoms. The van der Waals surface area contributed by atoms with Gasteiger partial charge in [-0.05, 0) is 31.2 Å². The fourth-order valence-corrected chi connectivity index (χ4v) is 1.74. The lowest BCUT2D eigenvalue weighted by atomic mass is 10.1. The van der Waals surface area contributed by atoms with E-state index in [9.17, 15) is 9.18 Å². The van der Waals surface area contributed by atoms with Gasteiger partial charge in [0.05, 0.1) is 11.3 Å². The van der Waals surface area contributed by atoms with Crippen molar-refractivity contribution >= 4 is 17.3 Å². The molecule has 0 heterocycles. The minimum atomic E-state index is -0.358.